The highest BCUT2D eigenvalue weighted by atomic mass is 35.5. The SMILES string of the molecule is Cc1ccc(NC(=O)NC(=O)CCl)cc1Cl. The highest BCUT2D eigenvalue weighted by molar-refractivity contribution is 6.31. The van der Waals surface area contributed by atoms with Gasteiger partial charge in [0.1, 0.15) is 5.88 Å². The van der Waals surface area contributed by atoms with E-state index in [0.29, 0.717) is 10.7 Å². The maximum Gasteiger partial charge on any atom is 0.325 e. The van der Waals surface area contributed by atoms with Crippen molar-refractivity contribution in [3.05, 3.63) is 28.8 Å². The summed E-state index contributed by atoms with van der Waals surface area (Å²) in [5.41, 5.74) is 1.42. The second-order valence-corrected chi connectivity index (χ2v) is 3.77. The van der Waals surface area contributed by atoms with Crippen molar-refractivity contribution >= 4 is 40.8 Å². The Bertz CT molecular complexity index is 421. The lowest BCUT2D eigenvalue weighted by molar-refractivity contribution is -0.117. The molecule has 0 atom stereocenters. The molecule has 0 aliphatic heterocycles. The van der Waals surface area contributed by atoms with E-state index in [2.05, 4.69) is 5.32 Å². The van der Waals surface area contributed by atoms with Crippen molar-refractivity contribution in [2.75, 3.05) is 11.2 Å². The van der Waals surface area contributed by atoms with Crippen molar-refractivity contribution < 1.29 is 9.59 Å². The summed E-state index contributed by atoms with van der Waals surface area (Å²) < 4.78 is 0. The van der Waals surface area contributed by atoms with Gasteiger partial charge in [-0.05, 0) is 24.6 Å². The molecule has 0 fully saturated rings. The van der Waals surface area contributed by atoms with Gasteiger partial charge in [0.2, 0.25) is 5.91 Å². The summed E-state index contributed by atoms with van der Waals surface area (Å²) in [5, 5.41) is 5.05. The fourth-order valence-corrected chi connectivity index (χ4v) is 1.24. The summed E-state index contributed by atoms with van der Waals surface area (Å²) in [5.74, 6) is -0.820. The number of hydrogen-bond donors (Lipinski definition) is 2. The molecule has 0 radical (unpaired) electrons. The molecular formula is C10H10Cl2N2O2. The Labute approximate surface area is 103 Å². The van der Waals surface area contributed by atoms with Crippen molar-refractivity contribution in [3.8, 4) is 0 Å². The zero-order chi connectivity index (χ0) is 12.1. The van der Waals surface area contributed by atoms with Crippen molar-refractivity contribution in [3.63, 3.8) is 0 Å². The van der Waals surface area contributed by atoms with Gasteiger partial charge in [-0.15, -0.1) is 11.6 Å². The van der Waals surface area contributed by atoms with E-state index in [1.54, 1.807) is 18.2 Å². The molecule has 86 valence electrons. The number of benzene rings is 1. The predicted molar refractivity (Wildman–Crippen MR) is 64.1 cm³/mol. The van der Waals surface area contributed by atoms with Gasteiger partial charge in [0.15, 0.2) is 0 Å². The number of urea groups is 1. The summed E-state index contributed by atoms with van der Waals surface area (Å²) in [4.78, 5) is 22.0. The van der Waals surface area contributed by atoms with Gasteiger partial charge < -0.3 is 5.32 Å². The Hall–Kier alpha value is -1.26. The molecule has 1 aromatic carbocycles. The zero-order valence-electron chi connectivity index (χ0n) is 8.51. The van der Waals surface area contributed by atoms with Crippen molar-refractivity contribution in [2.24, 2.45) is 0 Å². The van der Waals surface area contributed by atoms with E-state index in [0.717, 1.165) is 5.56 Å². The number of carbonyl (C=O) groups excluding carboxylic acids is 2. The molecule has 1 aromatic rings. The van der Waals surface area contributed by atoms with Gasteiger partial charge in [0.25, 0.3) is 0 Å². The molecule has 0 aliphatic carbocycles. The lowest BCUT2D eigenvalue weighted by Gasteiger charge is -2.06. The van der Waals surface area contributed by atoms with Crippen molar-refractivity contribution in [1.29, 1.82) is 0 Å². The molecule has 0 spiro atoms. The molecule has 0 unspecified atom stereocenters. The molecule has 0 saturated heterocycles. The predicted octanol–water partition coefficient (Wildman–Crippen LogP) is 2.54. The first kappa shape index (κ1) is 12.8. The number of nitrogens with one attached hydrogen (secondary N) is 2. The average Bonchev–Trinajstić information content (AvgIpc) is 2.23. The minimum atomic E-state index is -0.634. The van der Waals surface area contributed by atoms with Crippen LogP contribution in [0, 0.1) is 6.92 Å². The molecule has 6 heteroatoms. The first-order valence-electron chi connectivity index (χ1n) is 4.46. The van der Waals surface area contributed by atoms with Crippen LogP contribution in [0.3, 0.4) is 0 Å². The number of rotatable bonds is 2. The van der Waals surface area contributed by atoms with Crippen molar-refractivity contribution in [2.45, 2.75) is 6.92 Å². The summed E-state index contributed by atoms with van der Waals surface area (Å²) in [6, 6.07) is 4.42. The van der Waals surface area contributed by atoms with Crippen LogP contribution in [0.5, 0.6) is 0 Å². The average molecular weight is 261 g/mol. The Kier molecular flexibility index (Phi) is 4.58. The smallest absolute Gasteiger partial charge is 0.308 e. The Morgan fingerprint density at radius 2 is 2.06 bits per heavy atom. The number of aryl methyl sites for hydroxylation is 1. The third-order valence-electron chi connectivity index (χ3n) is 1.80. The number of anilines is 1. The number of alkyl halides is 1. The third-order valence-corrected chi connectivity index (χ3v) is 2.45. The Balaban J connectivity index is 2.63. The van der Waals surface area contributed by atoms with Crippen LogP contribution in [-0.4, -0.2) is 17.8 Å². The van der Waals surface area contributed by atoms with Crippen LogP contribution < -0.4 is 10.6 Å². The largest absolute Gasteiger partial charge is 0.325 e. The fraction of sp³-hybridized carbons (Fsp3) is 0.200. The van der Waals surface area contributed by atoms with E-state index in [1.165, 1.54) is 0 Å². The summed E-state index contributed by atoms with van der Waals surface area (Å²) in [7, 11) is 0. The van der Waals surface area contributed by atoms with Crippen LogP contribution in [0.4, 0.5) is 10.5 Å². The van der Waals surface area contributed by atoms with Gasteiger partial charge in [-0.25, -0.2) is 4.79 Å². The van der Waals surface area contributed by atoms with Gasteiger partial charge in [-0.1, -0.05) is 17.7 Å². The zero-order valence-corrected chi connectivity index (χ0v) is 10.0. The van der Waals surface area contributed by atoms with E-state index < -0.39 is 11.9 Å². The monoisotopic (exact) mass is 260 g/mol. The standard InChI is InChI=1S/C10H10Cl2N2O2/c1-6-2-3-7(4-8(6)12)13-10(16)14-9(15)5-11/h2-4H,5H2,1H3,(H2,13,14,15,16). The first-order valence-corrected chi connectivity index (χ1v) is 5.37. The second kappa shape index (κ2) is 5.72. The van der Waals surface area contributed by atoms with Crippen molar-refractivity contribution in [1.82, 2.24) is 5.32 Å². The molecule has 1 rings (SSSR count). The highest BCUT2D eigenvalue weighted by Gasteiger charge is 2.06. The Morgan fingerprint density at radius 1 is 1.38 bits per heavy atom. The molecule has 0 aromatic heterocycles. The van der Waals surface area contributed by atoms with Gasteiger partial charge in [0.05, 0.1) is 0 Å². The quantitative estimate of drug-likeness (QED) is 0.803. The molecule has 4 nitrogen and oxygen atoms in total. The fourth-order valence-electron chi connectivity index (χ4n) is 0.993. The lowest BCUT2D eigenvalue weighted by atomic mass is 10.2. The van der Waals surface area contributed by atoms with Gasteiger partial charge in [-0.3, -0.25) is 10.1 Å². The number of carbonyl (C=O) groups is 2. The molecule has 0 bridgehead atoms. The molecule has 16 heavy (non-hydrogen) atoms. The van der Waals surface area contributed by atoms with Crippen LogP contribution >= 0.6 is 23.2 Å². The van der Waals surface area contributed by atoms with E-state index in [-0.39, 0.29) is 5.88 Å². The normalized spacial score (nSPS) is 9.69. The van der Waals surface area contributed by atoms with Gasteiger partial charge in [-0.2, -0.15) is 0 Å². The maximum absolute atomic E-state index is 11.2. The molecule has 0 aliphatic rings. The number of imide groups is 1. The van der Waals surface area contributed by atoms with Gasteiger partial charge >= 0.3 is 6.03 Å². The third kappa shape index (κ3) is 3.72. The molecule has 0 saturated carbocycles. The first-order chi connectivity index (χ1) is 7.52. The second-order valence-electron chi connectivity index (χ2n) is 3.10. The summed E-state index contributed by atoms with van der Waals surface area (Å²) in [6.07, 6.45) is 0. The number of halogens is 2. The van der Waals surface area contributed by atoms with E-state index in [4.69, 9.17) is 23.2 Å². The van der Waals surface area contributed by atoms with Crippen LogP contribution in [0.2, 0.25) is 5.02 Å². The van der Waals surface area contributed by atoms with E-state index in [9.17, 15) is 9.59 Å². The van der Waals surface area contributed by atoms with Crippen LogP contribution in [0.1, 0.15) is 5.56 Å². The maximum atomic E-state index is 11.2. The van der Waals surface area contributed by atoms with Gasteiger partial charge in [0, 0.05) is 10.7 Å². The molecule has 0 heterocycles. The molecule has 2 N–H and O–H groups in total. The topological polar surface area (TPSA) is 58.2 Å². The van der Waals surface area contributed by atoms with Crippen LogP contribution in [-0.2, 0) is 4.79 Å². The number of amides is 3. The summed E-state index contributed by atoms with van der Waals surface area (Å²) >= 11 is 11.1. The van der Waals surface area contributed by atoms with Crippen LogP contribution in [0.15, 0.2) is 18.2 Å². The minimum absolute atomic E-state index is 0.262. The summed E-state index contributed by atoms with van der Waals surface area (Å²) in [6.45, 7) is 1.85. The molecule has 3 amide bonds. The lowest BCUT2D eigenvalue weighted by Crippen LogP contribution is -2.35. The highest BCUT2D eigenvalue weighted by Crippen LogP contribution is 2.19. The number of hydrogen-bond acceptors (Lipinski definition) is 2. The minimum Gasteiger partial charge on any atom is -0.308 e. The Morgan fingerprint density at radius 3 is 2.62 bits per heavy atom. The van der Waals surface area contributed by atoms with Crippen LogP contribution in [0.25, 0.3) is 0 Å². The van der Waals surface area contributed by atoms with E-state index in [1.807, 2.05) is 12.2 Å². The van der Waals surface area contributed by atoms with E-state index >= 15 is 0 Å². The molecular weight excluding hydrogens is 251 g/mol.